The average molecular weight is 441 g/mol. The summed E-state index contributed by atoms with van der Waals surface area (Å²) in [5, 5.41) is 10.3. The van der Waals surface area contributed by atoms with Crippen molar-refractivity contribution in [1.29, 1.82) is 0 Å². The van der Waals surface area contributed by atoms with Gasteiger partial charge in [0, 0.05) is 0 Å². The molecule has 0 heterocycles. The molecule has 1 N–H and O–H groups in total. The fraction of sp³-hybridized carbons (Fsp3) is 0.871. The van der Waals surface area contributed by atoms with Gasteiger partial charge in [0.25, 0.3) is 0 Å². The number of allylic oxidation sites excluding steroid dienone is 3. The molecule has 4 aliphatic rings. The summed E-state index contributed by atoms with van der Waals surface area (Å²) in [7, 11) is 0. The number of aliphatic hydroxyl groups excluding tert-OH is 1. The minimum atomic E-state index is -0.0866. The zero-order valence-electron chi connectivity index (χ0n) is 22.3. The molecule has 0 saturated heterocycles. The average Bonchev–Trinajstić information content (AvgIpc) is 3.10. The lowest BCUT2D eigenvalue weighted by Crippen LogP contribution is -2.50. The minimum absolute atomic E-state index is 0.0866. The monoisotopic (exact) mass is 440 g/mol. The summed E-state index contributed by atoms with van der Waals surface area (Å²) in [5.74, 6) is 4.42. The van der Waals surface area contributed by atoms with E-state index in [1.807, 2.05) is 0 Å². The molecule has 32 heavy (non-hydrogen) atoms. The Morgan fingerprint density at radius 1 is 1.16 bits per heavy atom. The van der Waals surface area contributed by atoms with Crippen LogP contribution >= 0.6 is 0 Å². The van der Waals surface area contributed by atoms with Crippen molar-refractivity contribution in [2.45, 2.75) is 125 Å². The van der Waals surface area contributed by atoms with Gasteiger partial charge in [0.15, 0.2) is 0 Å². The third kappa shape index (κ3) is 3.97. The zero-order chi connectivity index (χ0) is 23.3. The van der Waals surface area contributed by atoms with Gasteiger partial charge in [-0.25, -0.2) is 0 Å². The molecule has 4 rings (SSSR count). The first kappa shape index (κ1) is 24.6. The van der Waals surface area contributed by atoms with E-state index in [2.05, 4.69) is 60.6 Å². The molecule has 0 aliphatic heterocycles. The van der Waals surface area contributed by atoms with Crippen LogP contribution in [0.2, 0.25) is 0 Å². The second kappa shape index (κ2) is 8.90. The van der Waals surface area contributed by atoms with Gasteiger partial charge in [-0.3, -0.25) is 0 Å². The molecule has 1 heteroatoms. The Kier molecular flexibility index (Phi) is 6.83. The number of hydrogen-bond acceptors (Lipinski definition) is 1. The minimum Gasteiger partial charge on any atom is -0.393 e. The predicted molar refractivity (Wildman–Crippen MR) is 137 cm³/mol. The second-order valence-electron chi connectivity index (χ2n) is 13.5. The Morgan fingerprint density at radius 2 is 1.91 bits per heavy atom. The molecule has 3 fully saturated rings. The van der Waals surface area contributed by atoms with Crippen molar-refractivity contribution in [3.8, 4) is 0 Å². The summed E-state index contributed by atoms with van der Waals surface area (Å²) in [6.07, 6.45) is 19.0. The van der Waals surface area contributed by atoms with Crippen LogP contribution in [0, 0.1) is 45.8 Å². The lowest BCUT2D eigenvalue weighted by atomic mass is 9.47. The third-order valence-corrected chi connectivity index (χ3v) is 11.7. The van der Waals surface area contributed by atoms with E-state index in [9.17, 15) is 5.11 Å². The van der Waals surface area contributed by atoms with Crippen LogP contribution < -0.4 is 0 Å². The van der Waals surface area contributed by atoms with Crippen molar-refractivity contribution >= 4 is 0 Å². The van der Waals surface area contributed by atoms with E-state index in [1.165, 1.54) is 57.8 Å². The smallest absolute Gasteiger partial charge is 0.0577 e. The number of rotatable bonds is 6. The molecule has 0 unspecified atom stereocenters. The van der Waals surface area contributed by atoms with Crippen molar-refractivity contribution in [1.82, 2.24) is 0 Å². The normalized spacial score (nSPS) is 43.2. The van der Waals surface area contributed by atoms with E-state index in [1.54, 1.807) is 11.1 Å². The highest BCUT2D eigenvalue weighted by Crippen LogP contribution is 2.67. The van der Waals surface area contributed by atoms with Crippen LogP contribution in [-0.2, 0) is 0 Å². The van der Waals surface area contributed by atoms with E-state index in [0.29, 0.717) is 16.2 Å². The SMILES string of the molecule is C/C=C(\CC)C(C)(C)CC[C@@H](C)[C@H]1CC[C@H]2[C@@H]3CC=C4C[C@@H](O)CC[C@]4(C)[C@H]3CC[C@]12C. The Bertz CT molecular complexity index is 744. The number of fused-ring (bicyclic) bond motifs is 5. The van der Waals surface area contributed by atoms with Crippen LogP contribution in [0.5, 0.6) is 0 Å². The van der Waals surface area contributed by atoms with E-state index in [4.69, 9.17) is 0 Å². The van der Waals surface area contributed by atoms with Gasteiger partial charge < -0.3 is 5.11 Å². The molecule has 0 aromatic heterocycles. The Labute approximate surface area is 199 Å². The molecule has 0 radical (unpaired) electrons. The van der Waals surface area contributed by atoms with Gasteiger partial charge in [-0.1, -0.05) is 64.8 Å². The van der Waals surface area contributed by atoms with Crippen LogP contribution in [0.4, 0.5) is 0 Å². The summed E-state index contributed by atoms with van der Waals surface area (Å²) in [4.78, 5) is 0. The van der Waals surface area contributed by atoms with Crippen LogP contribution in [-0.4, -0.2) is 11.2 Å². The molecule has 4 aliphatic carbocycles. The molecule has 0 aromatic carbocycles. The molecule has 3 saturated carbocycles. The molecular weight excluding hydrogens is 388 g/mol. The van der Waals surface area contributed by atoms with Crippen LogP contribution in [0.15, 0.2) is 23.3 Å². The maximum atomic E-state index is 10.3. The van der Waals surface area contributed by atoms with E-state index in [0.717, 1.165) is 42.4 Å². The summed E-state index contributed by atoms with van der Waals surface area (Å²) >= 11 is 0. The van der Waals surface area contributed by atoms with Crippen molar-refractivity contribution < 1.29 is 5.11 Å². The fourth-order valence-electron chi connectivity index (χ4n) is 9.64. The molecular formula is C31H52O. The predicted octanol–water partition coefficient (Wildman–Crippen LogP) is 8.73. The molecule has 182 valence electrons. The molecule has 1 nitrogen and oxygen atoms in total. The van der Waals surface area contributed by atoms with E-state index < -0.39 is 0 Å². The highest BCUT2D eigenvalue weighted by Gasteiger charge is 2.59. The van der Waals surface area contributed by atoms with Crippen molar-refractivity contribution in [2.24, 2.45) is 45.8 Å². The fourth-order valence-corrected chi connectivity index (χ4v) is 9.64. The zero-order valence-corrected chi connectivity index (χ0v) is 22.3. The molecule has 0 spiro atoms. The highest BCUT2D eigenvalue weighted by atomic mass is 16.3. The lowest BCUT2D eigenvalue weighted by Gasteiger charge is -2.58. The van der Waals surface area contributed by atoms with Crippen LogP contribution in [0.25, 0.3) is 0 Å². The van der Waals surface area contributed by atoms with E-state index in [-0.39, 0.29) is 6.10 Å². The van der Waals surface area contributed by atoms with Gasteiger partial charge in [0.2, 0.25) is 0 Å². The summed E-state index contributed by atoms with van der Waals surface area (Å²) in [6.45, 7) is 17.3. The van der Waals surface area contributed by atoms with Gasteiger partial charge in [-0.2, -0.15) is 0 Å². The Morgan fingerprint density at radius 3 is 2.59 bits per heavy atom. The Balaban J connectivity index is 1.47. The highest BCUT2D eigenvalue weighted by molar-refractivity contribution is 5.25. The van der Waals surface area contributed by atoms with Gasteiger partial charge in [-0.05, 0) is 123 Å². The molecule has 0 amide bonds. The van der Waals surface area contributed by atoms with E-state index >= 15 is 0 Å². The summed E-state index contributed by atoms with van der Waals surface area (Å²) < 4.78 is 0. The van der Waals surface area contributed by atoms with Crippen LogP contribution in [0.1, 0.15) is 119 Å². The Hall–Kier alpha value is -0.560. The maximum absolute atomic E-state index is 10.3. The first-order chi connectivity index (χ1) is 15.1. The lowest BCUT2D eigenvalue weighted by molar-refractivity contribution is -0.0575. The first-order valence-corrected chi connectivity index (χ1v) is 14.1. The largest absolute Gasteiger partial charge is 0.393 e. The molecule has 8 atom stereocenters. The van der Waals surface area contributed by atoms with Crippen molar-refractivity contribution in [3.63, 3.8) is 0 Å². The standard InChI is InChI=1S/C31H52O/c1-8-22(9-2)29(4,5)17-14-21(3)26-12-13-27-25-11-10-23-20-24(32)15-18-30(23,6)28(25)16-19-31(26,27)7/h8,10,21,24-28,32H,9,11-20H2,1-7H3/b22-8+/t21-,24+,25+,26-,27+,28+,30+,31-/m1/s1. The van der Waals surface area contributed by atoms with Gasteiger partial charge in [0.1, 0.15) is 0 Å². The second-order valence-corrected chi connectivity index (χ2v) is 13.5. The number of hydrogen-bond donors (Lipinski definition) is 1. The van der Waals surface area contributed by atoms with Crippen molar-refractivity contribution in [2.75, 3.05) is 0 Å². The molecule has 0 aromatic rings. The summed E-state index contributed by atoms with van der Waals surface area (Å²) in [6, 6.07) is 0. The van der Waals surface area contributed by atoms with Gasteiger partial charge in [-0.15, -0.1) is 0 Å². The van der Waals surface area contributed by atoms with Crippen molar-refractivity contribution in [3.05, 3.63) is 23.3 Å². The number of aliphatic hydroxyl groups is 1. The third-order valence-electron chi connectivity index (χ3n) is 11.7. The van der Waals surface area contributed by atoms with Gasteiger partial charge in [0.05, 0.1) is 6.10 Å². The quantitative estimate of drug-likeness (QED) is 0.409. The van der Waals surface area contributed by atoms with Gasteiger partial charge >= 0.3 is 0 Å². The van der Waals surface area contributed by atoms with Crippen LogP contribution in [0.3, 0.4) is 0 Å². The first-order valence-electron chi connectivity index (χ1n) is 14.1. The maximum Gasteiger partial charge on any atom is 0.0577 e. The summed E-state index contributed by atoms with van der Waals surface area (Å²) in [5.41, 5.74) is 4.52. The topological polar surface area (TPSA) is 20.2 Å². The molecule has 0 bridgehead atoms.